The lowest BCUT2D eigenvalue weighted by Crippen LogP contribution is -2.21. The average Bonchev–Trinajstić information content (AvgIpc) is 2.81. The summed E-state index contributed by atoms with van der Waals surface area (Å²) in [6.45, 7) is 0. The molecule has 1 heterocycles. The van der Waals surface area contributed by atoms with Crippen LogP contribution in [0.5, 0.6) is 5.75 Å². The van der Waals surface area contributed by atoms with Crippen molar-refractivity contribution in [2.45, 2.75) is 11.3 Å². The number of sulfone groups is 1. The van der Waals surface area contributed by atoms with Crippen LogP contribution < -0.4 is 20.7 Å². The van der Waals surface area contributed by atoms with Crippen molar-refractivity contribution in [2.75, 3.05) is 29.3 Å². The molecule has 11 nitrogen and oxygen atoms in total. The summed E-state index contributed by atoms with van der Waals surface area (Å²) >= 11 is 6.29. The highest BCUT2D eigenvalue weighted by Gasteiger charge is 2.15. The summed E-state index contributed by atoms with van der Waals surface area (Å²) in [6, 6.07) is 10.00. The number of nitrogens with zero attached hydrogens (tertiary/aromatic N) is 3. The largest absolute Gasteiger partial charge is 0.494 e. The molecule has 0 unspecified atom stereocenters. The van der Waals surface area contributed by atoms with E-state index < -0.39 is 15.9 Å². The van der Waals surface area contributed by atoms with Crippen LogP contribution >= 0.6 is 11.6 Å². The number of methoxy groups -OCH3 is 1. The van der Waals surface area contributed by atoms with Gasteiger partial charge in [-0.3, -0.25) is 10.1 Å². The third-order valence-corrected chi connectivity index (χ3v) is 5.98. The Hall–Kier alpha value is -4.21. The number of benzene rings is 2. The molecule has 0 aliphatic heterocycles. The van der Waals surface area contributed by atoms with Crippen molar-refractivity contribution in [1.29, 1.82) is 5.26 Å². The lowest BCUT2D eigenvalue weighted by Gasteiger charge is -2.15. The smallest absolute Gasteiger partial charge is 0.325 e. The Morgan fingerprint density at radius 2 is 1.77 bits per heavy atom. The minimum Gasteiger partial charge on any atom is -0.494 e. The molecule has 0 spiro atoms. The number of hydrogen-bond donors (Lipinski definition) is 3. The lowest BCUT2D eigenvalue weighted by molar-refractivity contribution is -0.115. The zero-order chi connectivity index (χ0) is 25.6. The highest BCUT2D eigenvalue weighted by atomic mass is 35.5. The molecule has 1 aromatic heterocycles. The van der Waals surface area contributed by atoms with Crippen molar-refractivity contribution in [3.8, 4) is 11.8 Å². The quantitative estimate of drug-likeness (QED) is 0.432. The molecule has 3 N–H and O–H groups in total. The molecule has 3 amide bonds. The van der Waals surface area contributed by atoms with E-state index in [4.69, 9.17) is 21.6 Å². The summed E-state index contributed by atoms with van der Waals surface area (Å²) in [5.41, 5.74) is 1.20. The Kier molecular flexibility index (Phi) is 7.85. The van der Waals surface area contributed by atoms with E-state index in [-0.39, 0.29) is 50.9 Å². The second-order valence-corrected chi connectivity index (χ2v) is 9.57. The molecule has 0 bridgehead atoms. The Labute approximate surface area is 206 Å². The van der Waals surface area contributed by atoms with Crippen molar-refractivity contribution in [1.82, 2.24) is 9.97 Å². The van der Waals surface area contributed by atoms with Crippen LogP contribution in [0.15, 0.2) is 53.7 Å². The number of amides is 3. The van der Waals surface area contributed by atoms with Crippen LogP contribution in [-0.4, -0.2) is 43.7 Å². The number of nitrogens with one attached hydrogen (secondary N) is 3. The second kappa shape index (κ2) is 10.8. The van der Waals surface area contributed by atoms with E-state index in [1.807, 2.05) is 6.07 Å². The minimum atomic E-state index is -3.33. The second-order valence-electron chi connectivity index (χ2n) is 7.15. The number of halogens is 1. The van der Waals surface area contributed by atoms with Crippen molar-refractivity contribution < 1.29 is 22.7 Å². The third-order valence-electron chi connectivity index (χ3n) is 4.54. The maximum Gasteiger partial charge on any atom is 0.325 e. The molecule has 3 rings (SSSR count). The first kappa shape index (κ1) is 25.4. The van der Waals surface area contributed by atoms with E-state index >= 15 is 0 Å². The Balaban J connectivity index is 1.67. The topological polar surface area (TPSA) is 163 Å². The summed E-state index contributed by atoms with van der Waals surface area (Å²) in [5.74, 6) is -0.0396. The number of carbonyl (C=O) groups is 2. The number of hydrogen-bond acceptors (Lipinski definition) is 8. The van der Waals surface area contributed by atoms with E-state index in [0.717, 1.165) is 6.26 Å². The number of anilines is 3. The first-order chi connectivity index (χ1) is 16.6. The monoisotopic (exact) mass is 514 g/mol. The highest BCUT2D eigenvalue weighted by molar-refractivity contribution is 7.90. The number of urea groups is 1. The maximum atomic E-state index is 12.5. The Bertz CT molecular complexity index is 1400. The van der Waals surface area contributed by atoms with Crippen molar-refractivity contribution in [2.24, 2.45) is 0 Å². The van der Waals surface area contributed by atoms with E-state index in [9.17, 15) is 18.0 Å². The van der Waals surface area contributed by atoms with Gasteiger partial charge in [0.15, 0.2) is 21.3 Å². The molecule has 0 radical (unpaired) electrons. The number of carbonyl (C=O) groups excluding carboxylic acids is 2. The fourth-order valence-electron chi connectivity index (χ4n) is 2.87. The van der Waals surface area contributed by atoms with Gasteiger partial charge in [0.05, 0.1) is 47.2 Å². The van der Waals surface area contributed by atoms with Crippen LogP contribution in [0, 0.1) is 11.3 Å². The van der Waals surface area contributed by atoms with Gasteiger partial charge in [-0.15, -0.1) is 0 Å². The van der Waals surface area contributed by atoms with Gasteiger partial charge in [-0.2, -0.15) is 5.26 Å². The van der Waals surface area contributed by atoms with Gasteiger partial charge in [-0.1, -0.05) is 23.7 Å². The molecular weight excluding hydrogens is 496 g/mol. The molecule has 0 saturated heterocycles. The molecule has 0 atom stereocenters. The summed E-state index contributed by atoms with van der Waals surface area (Å²) in [6.07, 6.45) is 3.53. The summed E-state index contributed by atoms with van der Waals surface area (Å²) in [5, 5.41) is 16.6. The van der Waals surface area contributed by atoms with Crippen LogP contribution in [0.1, 0.15) is 11.3 Å². The first-order valence-electron chi connectivity index (χ1n) is 9.85. The lowest BCUT2D eigenvalue weighted by atomic mass is 10.1. The van der Waals surface area contributed by atoms with Gasteiger partial charge in [0.2, 0.25) is 5.91 Å². The van der Waals surface area contributed by atoms with Crippen LogP contribution in [0.4, 0.5) is 22.0 Å². The van der Waals surface area contributed by atoms with Crippen LogP contribution in [0.2, 0.25) is 5.02 Å². The van der Waals surface area contributed by atoms with Gasteiger partial charge in [0, 0.05) is 12.3 Å². The molecule has 13 heteroatoms. The zero-order valence-corrected chi connectivity index (χ0v) is 20.1. The minimum absolute atomic E-state index is 0.0171. The van der Waals surface area contributed by atoms with Crippen LogP contribution in [-0.2, 0) is 21.1 Å². The summed E-state index contributed by atoms with van der Waals surface area (Å²) in [7, 11) is -1.95. The van der Waals surface area contributed by atoms with Gasteiger partial charge in [-0.05, 0) is 23.8 Å². The average molecular weight is 515 g/mol. The summed E-state index contributed by atoms with van der Waals surface area (Å²) in [4.78, 5) is 32.7. The zero-order valence-electron chi connectivity index (χ0n) is 18.5. The number of rotatable bonds is 7. The SMILES string of the molecule is COc1cc(NC(=O)Cc2ccc(S(C)(=O)=O)cc2)c(Cl)cc1NC(=O)Nc1cnc(C#N)cn1. The van der Waals surface area contributed by atoms with Gasteiger partial charge in [0.25, 0.3) is 0 Å². The van der Waals surface area contributed by atoms with Crippen molar-refractivity contribution in [3.05, 3.63) is 65.1 Å². The fourth-order valence-corrected chi connectivity index (χ4v) is 3.71. The number of ether oxygens (including phenoxy) is 1. The summed E-state index contributed by atoms with van der Waals surface area (Å²) < 4.78 is 28.4. The normalized spacial score (nSPS) is 10.7. The molecule has 0 aliphatic carbocycles. The highest BCUT2D eigenvalue weighted by Crippen LogP contribution is 2.34. The van der Waals surface area contributed by atoms with Gasteiger partial charge < -0.3 is 15.4 Å². The van der Waals surface area contributed by atoms with Gasteiger partial charge >= 0.3 is 6.03 Å². The third kappa shape index (κ3) is 6.89. The molecule has 0 saturated carbocycles. The predicted molar refractivity (Wildman–Crippen MR) is 129 cm³/mol. The molecule has 0 aliphatic rings. The Morgan fingerprint density at radius 1 is 1.06 bits per heavy atom. The molecule has 2 aromatic carbocycles. The van der Waals surface area contributed by atoms with Gasteiger partial charge in [0.1, 0.15) is 11.8 Å². The van der Waals surface area contributed by atoms with E-state index in [1.165, 1.54) is 43.8 Å². The number of nitriles is 1. The van der Waals surface area contributed by atoms with Crippen LogP contribution in [0.3, 0.4) is 0 Å². The molecular formula is C22H19ClN6O5S. The fraction of sp³-hybridized carbons (Fsp3) is 0.136. The first-order valence-corrected chi connectivity index (χ1v) is 12.1. The number of aromatic nitrogens is 2. The van der Waals surface area contributed by atoms with E-state index in [0.29, 0.717) is 5.56 Å². The molecule has 0 fully saturated rings. The standard InChI is InChI=1S/C22H19ClN6O5S/c1-34-19-9-17(27-21(30)7-13-3-5-15(6-4-13)35(2,32)33)16(23)8-18(19)28-22(31)29-20-12-25-14(10-24)11-26-20/h3-6,8-9,11-12H,7H2,1-2H3,(H,27,30)(H2,26,28,29,31). The van der Waals surface area contributed by atoms with Crippen molar-refractivity contribution in [3.63, 3.8) is 0 Å². The maximum absolute atomic E-state index is 12.5. The van der Waals surface area contributed by atoms with E-state index in [1.54, 1.807) is 12.1 Å². The van der Waals surface area contributed by atoms with Crippen molar-refractivity contribution >= 4 is 50.6 Å². The predicted octanol–water partition coefficient (Wildman–Crippen LogP) is 3.24. The van der Waals surface area contributed by atoms with Gasteiger partial charge in [-0.25, -0.2) is 23.2 Å². The molecule has 180 valence electrons. The molecule has 3 aromatic rings. The van der Waals surface area contributed by atoms with Crippen LogP contribution in [0.25, 0.3) is 0 Å². The molecule has 35 heavy (non-hydrogen) atoms. The Morgan fingerprint density at radius 3 is 2.34 bits per heavy atom. The van der Waals surface area contributed by atoms with E-state index in [2.05, 4.69) is 25.9 Å².